The maximum absolute atomic E-state index is 10.2. The number of aliphatic hydroxyl groups is 1. The molecule has 1 aromatic carbocycles. The highest BCUT2D eigenvalue weighted by atomic mass is 32.1. The van der Waals surface area contributed by atoms with Crippen LogP contribution in [0, 0.1) is 6.92 Å². The molecule has 0 fully saturated rings. The van der Waals surface area contributed by atoms with Crippen LogP contribution < -0.4 is 0 Å². The van der Waals surface area contributed by atoms with Gasteiger partial charge in [0.1, 0.15) is 17.4 Å². The first-order valence-electron chi connectivity index (χ1n) is 5.45. The molecule has 0 aliphatic heterocycles. The van der Waals surface area contributed by atoms with Gasteiger partial charge in [-0.3, -0.25) is 0 Å². The van der Waals surface area contributed by atoms with Crippen molar-refractivity contribution in [3.63, 3.8) is 0 Å². The maximum Gasteiger partial charge on any atom is 0.138 e. The van der Waals surface area contributed by atoms with E-state index in [1.54, 1.807) is 11.3 Å². The molecule has 3 aromatic rings. The van der Waals surface area contributed by atoms with Crippen LogP contribution in [-0.4, -0.2) is 5.11 Å². The SMILES string of the molecule is Cc1cccc2cc(C(O)c3ccsc3)oc12. The molecule has 0 aliphatic carbocycles. The zero-order chi connectivity index (χ0) is 11.8. The second kappa shape index (κ2) is 4.02. The van der Waals surface area contributed by atoms with Crippen LogP contribution in [0.5, 0.6) is 0 Å². The lowest BCUT2D eigenvalue weighted by atomic mass is 10.1. The summed E-state index contributed by atoms with van der Waals surface area (Å²) in [4.78, 5) is 0. The van der Waals surface area contributed by atoms with Crippen molar-refractivity contribution in [3.05, 3.63) is 58.0 Å². The molecule has 1 N–H and O–H groups in total. The molecule has 2 heterocycles. The minimum Gasteiger partial charge on any atom is -0.458 e. The van der Waals surface area contributed by atoms with E-state index in [-0.39, 0.29) is 0 Å². The smallest absolute Gasteiger partial charge is 0.138 e. The van der Waals surface area contributed by atoms with Crippen molar-refractivity contribution in [3.8, 4) is 0 Å². The van der Waals surface area contributed by atoms with Crippen molar-refractivity contribution in [2.24, 2.45) is 0 Å². The highest BCUT2D eigenvalue weighted by Crippen LogP contribution is 2.30. The van der Waals surface area contributed by atoms with Gasteiger partial charge in [-0.15, -0.1) is 0 Å². The molecule has 3 rings (SSSR count). The Bertz CT molecular complexity index is 637. The number of hydrogen-bond donors (Lipinski definition) is 1. The van der Waals surface area contributed by atoms with Crippen molar-refractivity contribution in [2.45, 2.75) is 13.0 Å². The molecule has 0 bridgehead atoms. The third kappa shape index (κ3) is 1.77. The van der Waals surface area contributed by atoms with E-state index in [0.717, 1.165) is 22.1 Å². The van der Waals surface area contributed by atoms with Gasteiger partial charge in [-0.2, -0.15) is 11.3 Å². The molecule has 0 spiro atoms. The molecule has 1 unspecified atom stereocenters. The van der Waals surface area contributed by atoms with Gasteiger partial charge < -0.3 is 9.52 Å². The van der Waals surface area contributed by atoms with Gasteiger partial charge in [0.2, 0.25) is 0 Å². The summed E-state index contributed by atoms with van der Waals surface area (Å²) < 4.78 is 5.74. The molecule has 0 saturated heterocycles. The molecule has 2 aromatic heterocycles. The second-order valence-corrected chi connectivity index (χ2v) is 4.88. The van der Waals surface area contributed by atoms with Crippen molar-refractivity contribution < 1.29 is 9.52 Å². The van der Waals surface area contributed by atoms with Gasteiger partial charge in [-0.05, 0) is 40.9 Å². The average molecular weight is 244 g/mol. The van der Waals surface area contributed by atoms with Gasteiger partial charge in [-0.1, -0.05) is 18.2 Å². The summed E-state index contributed by atoms with van der Waals surface area (Å²) in [6.45, 7) is 2.01. The first kappa shape index (κ1) is 10.6. The number of thiophene rings is 1. The number of rotatable bonds is 2. The van der Waals surface area contributed by atoms with Crippen LogP contribution in [0.25, 0.3) is 11.0 Å². The van der Waals surface area contributed by atoms with Crippen molar-refractivity contribution >= 4 is 22.3 Å². The standard InChI is InChI=1S/C14H12O2S/c1-9-3-2-4-10-7-12(16-14(9)10)13(15)11-5-6-17-8-11/h2-8,13,15H,1H3. The highest BCUT2D eigenvalue weighted by molar-refractivity contribution is 7.07. The predicted molar refractivity (Wildman–Crippen MR) is 69.3 cm³/mol. The summed E-state index contributed by atoms with van der Waals surface area (Å²) in [5.41, 5.74) is 2.83. The number of para-hydroxylation sites is 1. The first-order valence-corrected chi connectivity index (χ1v) is 6.39. The van der Waals surface area contributed by atoms with Crippen LogP contribution in [0.1, 0.15) is 23.0 Å². The quantitative estimate of drug-likeness (QED) is 0.742. The van der Waals surface area contributed by atoms with E-state index in [1.165, 1.54) is 0 Å². The summed E-state index contributed by atoms with van der Waals surface area (Å²) in [6.07, 6.45) is -0.673. The molecule has 86 valence electrons. The fourth-order valence-corrected chi connectivity index (χ4v) is 2.64. The van der Waals surface area contributed by atoms with Crippen molar-refractivity contribution in [1.82, 2.24) is 0 Å². The third-order valence-corrected chi connectivity index (χ3v) is 3.59. The zero-order valence-electron chi connectivity index (χ0n) is 9.38. The number of benzene rings is 1. The molecule has 2 nitrogen and oxygen atoms in total. The molecule has 1 atom stereocenters. The van der Waals surface area contributed by atoms with E-state index in [1.807, 2.05) is 48.0 Å². The summed E-state index contributed by atoms with van der Waals surface area (Å²) >= 11 is 1.57. The van der Waals surface area contributed by atoms with Crippen LogP contribution in [-0.2, 0) is 0 Å². The highest BCUT2D eigenvalue weighted by Gasteiger charge is 2.16. The van der Waals surface area contributed by atoms with Gasteiger partial charge in [0, 0.05) is 5.39 Å². The van der Waals surface area contributed by atoms with Crippen LogP contribution in [0.2, 0.25) is 0 Å². The zero-order valence-corrected chi connectivity index (χ0v) is 10.2. The molecule has 0 saturated carbocycles. The summed E-state index contributed by atoms with van der Waals surface area (Å²) in [5, 5.41) is 15.1. The largest absolute Gasteiger partial charge is 0.458 e. The fourth-order valence-electron chi connectivity index (χ4n) is 1.96. The van der Waals surface area contributed by atoms with Gasteiger partial charge in [0.05, 0.1) is 0 Å². The summed E-state index contributed by atoms with van der Waals surface area (Å²) in [5.74, 6) is 0.604. The monoisotopic (exact) mass is 244 g/mol. The Hall–Kier alpha value is -1.58. The van der Waals surface area contributed by atoms with Gasteiger partial charge in [-0.25, -0.2) is 0 Å². The van der Waals surface area contributed by atoms with Crippen molar-refractivity contribution in [1.29, 1.82) is 0 Å². The topological polar surface area (TPSA) is 33.4 Å². The number of hydrogen-bond acceptors (Lipinski definition) is 3. The van der Waals surface area contributed by atoms with Crippen LogP contribution >= 0.6 is 11.3 Å². The van der Waals surface area contributed by atoms with Gasteiger partial charge in [0.15, 0.2) is 0 Å². The van der Waals surface area contributed by atoms with E-state index in [2.05, 4.69) is 0 Å². The van der Waals surface area contributed by atoms with Crippen molar-refractivity contribution in [2.75, 3.05) is 0 Å². The Labute approximate surface area is 103 Å². The lowest BCUT2D eigenvalue weighted by Gasteiger charge is -2.03. The first-order chi connectivity index (χ1) is 8.25. The van der Waals surface area contributed by atoms with Crippen LogP contribution in [0.3, 0.4) is 0 Å². The van der Waals surface area contributed by atoms with E-state index in [0.29, 0.717) is 5.76 Å². The van der Waals surface area contributed by atoms with Crippen LogP contribution in [0.15, 0.2) is 45.5 Å². The fraction of sp³-hybridized carbons (Fsp3) is 0.143. The lowest BCUT2D eigenvalue weighted by molar-refractivity contribution is 0.192. The molecule has 17 heavy (non-hydrogen) atoms. The van der Waals surface area contributed by atoms with E-state index in [9.17, 15) is 5.11 Å². The summed E-state index contributed by atoms with van der Waals surface area (Å²) in [7, 11) is 0. The molecule has 0 radical (unpaired) electrons. The Morgan fingerprint density at radius 3 is 2.88 bits per heavy atom. The average Bonchev–Trinajstić information content (AvgIpc) is 2.98. The predicted octanol–water partition coefficient (Wildman–Crippen LogP) is 3.88. The van der Waals surface area contributed by atoms with E-state index in [4.69, 9.17) is 4.42 Å². The Kier molecular flexibility index (Phi) is 2.50. The Balaban J connectivity index is 2.10. The lowest BCUT2D eigenvalue weighted by Crippen LogP contribution is -1.94. The maximum atomic E-state index is 10.2. The van der Waals surface area contributed by atoms with E-state index < -0.39 is 6.10 Å². The number of fused-ring (bicyclic) bond motifs is 1. The minimum absolute atomic E-state index is 0.604. The van der Waals surface area contributed by atoms with Gasteiger partial charge in [0.25, 0.3) is 0 Å². The second-order valence-electron chi connectivity index (χ2n) is 4.10. The third-order valence-electron chi connectivity index (χ3n) is 2.89. The molecular formula is C14H12O2S. The summed E-state index contributed by atoms with van der Waals surface area (Å²) in [6, 6.07) is 9.82. The van der Waals surface area contributed by atoms with Gasteiger partial charge >= 0.3 is 0 Å². The number of aryl methyl sites for hydroxylation is 1. The molecule has 0 amide bonds. The van der Waals surface area contributed by atoms with E-state index >= 15 is 0 Å². The number of aliphatic hydroxyl groups excluding tert-OH is 1. The normalized spacial score (nSPS) is 13.1. The molecule has 3 heteroatoms. The Morgan fingerprint density at radius 1 is 1.29 bits per heavy atom. The molecule has 0 aliphatic rings. The number of furan rings is 1. The van der Waals surface area contributed by atoms with Crippen LogP contribution in [0.4, 0.5) is 0 Å². The Morgan fingerprint density at radius 2 is 2.18 bits per heavy atom. The molecular weight excluding hydrogens is 232 g/mol. The minimum atomic E-state index is -0.673.